The Morgan fingerprint density at radius 3 is 2.64 bits per heavy atom. The smallest absolute Gasteiger partial charge is 0.223 e. The van der Waals surface area contributed by atoms with E-state index in [0.29, 0.717) is 17.1 Å². The van der Waals surface area contributed by atoms with Crippen LogP contribution in [-0.4, -0.2) is 22.4 Å². The van der Waals surface area contributed by atoms with Crippen LogP contribution < -0.4 is 10.6 Å². The Bertz CT molecular complexity index is 712. The fraction of sp³-hybridized carbons (Fsp3) is 0.312. The SMILES string of the molecule is CC(=O)N(CCCc1c(C)[nH]c(N)nc1=S)c1ccccc1. The highest BCUT2D eigenvalue weighted by Crippen LogP contribution is 2.16. The second-order valence-corrected chi connectivity index (χ2v) is 5.53. The Kier molecular flexibility index (Phi) is 5.27. The summed E-state index contributed by atoms with van der Waals surface area (Å²) in [5.74, 6) is 0.365. The van der Waals surface area contributed by atoms with E-state index in [0.717, 1.165) is 29.8 Å². The minimum absolute atomic E-state index is 0.0310. The first-order valence-electron chi connectivity index (χ1n) is 7.17. The van der Waals surface area contributed by atoms with Gasteiger partial charge in [0.25, 0.3) is 0 Å². The summed E-state index contributed by atoms with van der Waals surface area (Å²) in [6, 6.07) is 9.66. The average molecular weight is 316 g/mol. The number of anilines is 2. The van der Waals surface area contributed by atoms with Crippen LogP contribution in [0, 0.1) is 11.6 Å². The zero-order valence-corrected chi connectivity index (χ0v) is 13.6. The zero-order valence-electron chi connectivity index (χ0n) is 12.8. The van der Waals surface area contributed by atoms with Gasteiger partial charge in [0, 0.05) is 30.4 Å². The maximum Gasteiger partial charge on any atom is 0.223 e. The van der Waals surface area contributed by atoms with Gasteiger partial charge in [-0.15, -0.1) is 0 Å². The summed E-state index contributed by atoms with van der Waals surface area (Å²) in [6.07, 6.45) is 1.56. The van der Waals surface area contributed by atoms with Gasteiger partial charge in [-0.1, -0.05) is 30.4 Å². The fourth-order valence-electron chi connectivity index (χ4n) is 2.42. The summed E-state index contributed by atoms with van der Waals surface area (Å²) >= 11 is 5.26. The molecule has 0 atom stereocenters. The lowest BCUT2D eigenvalue weighted by Gasteiger charge is -2.21. The highest BCUT2D eigenvalue weighted by Gasteiger charge is 2.11. The molecule has 116 valence electrons. The lowest BCUT2D eigenvalue weighted by molar-refractivity contribution is -0.116. The summed E-state index contributed by atoms with van der Waals surface area (Å²) in [5, 5.41) is 0. The Morgan fingerprint density at radius 1 is 1.36 bits per heavy atom. The van der Waals surface area contributed by atoms with E-state index in [1.165, 1.54) is 0 Å². The fourth-order valence-corrected chi connectivity index (χ4v) is 2.77. The van der Waals surface area contributed by atoms with Crippen LogP contribution >= 0.6 is 12.2 Å². The number of amides is 1. The number of nitrogens with two attached hydrogens (primary N) is 1. The molecule has 3 N–H and O–H groups in total. The number of benzene rings is 1. The normalized spacial score (nSPS) is 10.5. The van der Waals surface area contributed by atoms with Gasteiger partial charge in [0.2, 0.25) is 5.91 Å². The molecule has 0 radical (unpaired) electrons. The van der Waals surface area contributed by atoms with Crippen LogP contribution in [0.4, 0.5) is 11.6 Å². The topological polar surface area (TPSA) is 75.0 Å². The van der Waals surface area contributed by atoms with E-state index in [1.54, 1.807) is 11.8 Å². The number of carbonyl (C=O) groups excluding carboxylic acids is 1. The van der Waals surface area contributed by atoms with Crippen molar-refractivity contribution in [2.75, 3.05) is 17.2 Å². The van der Waals surface area contributed by atoms with Crippen molar-refractivity contribution >= 4 is 29.8 Å². The van der Waals surface area contributed by atoms with E-state index in [4.69, 9.17) is 18.0 Å². The molecule has 1 amide bonds. The van der Waals surface area contributed by atoms with Crippen molar-refractivity contribution < 1.29 is 4.79 Å². The number of carbonyl (C=O) groups is 1. The molecule has 2 rings (SSSR count). The van der Waals surface area contributed by atoms with Crippen molar-refractivity contribution in [3.05, 3.63) is 46.2 Å². The molecule has 0 spiro atoms. The predicted octanol–water partition coefficient (Wildman–Crippen LogP) is 3.02. The van der Waals surface area contributed by atoms with Crippen LogP contribution in [0.3, 0.4) is 0 Å². The van der Waals surface area contributed by atoms with Crippen LogP contribution in [0.1, 0.15) is 24.6 Å². The first-order chi connectivity index (χ1) is 10.5. The van der Waals surface area contributed by atoms with Gasteiger partial charge in [-0.25, -0.2) is 4.98 Å². The van der Waals surface area contributed by atoms with Crippen LogP contribution in [0.15, 0.2) is 30.3 Å². The molecule has 0 fully saturated rings. The van der Waals surface area contributed by atoms with E-state index in [1.807, 2.05) is 37.3 Å². The number of aromatic nitrogens is 2. The maximum absolute atomic E-state index is 11.8. The number of hydrogen-bond donors (Lipinski definition) is 2. The zero-order chi connectivity index (χ0) is 16.1. The quantitative estimate of drug-likeness (QED) is 0.832. The van der Waals surface area contributed by atoms with E-state index in [2.05, 4.69) is 9.97 Å². The van der Waals surface area contributed by atoms with E-state index in [9.17, 15) is 4.79 Å². The number of rotatable bonds is 5. The van der Waals surface area contributed by atoms with Gasteiger partial charge in [0.1, 0.15) is 4.64 Å². The highest BCUT2D eigenvalue weighted by atomic mass is 32.1. The molecule has 0 bridgehead atoms. The second kappa shape index (κ2) is 7.17. The molecule has 0 unspecified atom stereocenters. The van der Waals surface area contributed by atoms with Crippen LogP contribution in [-0.2, 0) is 11.2 Å². The molecule has 0 saturated carbocycles. The molecule has 0 saturated heterocycles. The van der Waals surface area contributed by atoms with Gasteiger partial charge >= 0.3 is 0 Å². The molecule has 22 heavy (non-hydrogen) atoms. The third-order valence-electron chi connectivity index (χ3n) is 3.50. The van der Waals surface area contributed by atoms with Crippen LogP contribution in [0.5, 0.6) is 0 Å². The maximum atomic E-state index is 11.8. The Balaban J connectivity index is 2.06. The van der Waals surface area contributed by atoms with Gasteiger partial charge in [0.05, 0.1) is 0 Å². The Hall–Kier alpha value is -2.21. The number of nitrogen functional groups attached to an aromatic ring is 1. The highest BCUT2D eigenvalue weighted by molar-refractivity contribution is 7.71. The van der Waals surface area contributed by atoms with Gasteiger partial charge < -0.3 is 15.6 Å². The summed E-state index contributed by atoms with van der Waals surface area (Å²) in [5.41, 5.74) is 8.47. The predicted molar refractivity (Wildman–Crippen MR) is 91.4 cm³/mol. The third-order valence-corrected chi connectivity index (χ3v) is 3.84. The standard InChI is InChI=1S/C16H20N4OS/c1-11-14(15(22)19-16(17)18-11)9-6-10-20(12(2)21)13-7-4-3-5-8-13/h3-5,7-8H,6,9-10H2,1-2H3,(H3,17,18,19,22). The molecule has 1 aromatic heterocycles. The Morgan fingerprint density at radius 2 is 2.05 bits per heavy atom. The van der Waals surface area contributed by atoms with Crippen molar-refractivity contribution in [1.82, 2.24) is 9.97 Å². The van der Waals surface area contributed by atoms with Gasteiger partial charge in [-0.3, -0.25) is 4.79 Å². The van der Waals surface area contributed by atoms with Gasteiger partial charge in [-0.05, 0) is 31.9 Å². The van der Waals surface area contributed by atoms with E-state index >= 15 is 0 Å². The monoisotopic (exact) mass is 316 g/mol. The Labute approximate surface area is 135 Å². The number of aromatic amines is 1. The van der Waals surface area contributed by atoms with Gasteiger partial charge in [-0.2, -0.15) is 0 Å². The number of H-pyrrole nitrogens is 1. The third kappa shape index (κ3) is 3.92. The van der Waals surface area contributed by atoms with Crippen LogP contribution in [0.25, 0.3) is 0 Å². The number of para-hydroxylation sites is 1. The molecule has 5 nitrogen and oxygen atoms in total. The lowest BCUT2D eigenvalue weighted by atomic mass is 10.1. The van der Waals surface area contributed by atoms with Crippen molar-refractivity contribution in [3.63, 3.8) is 0 Å². The lowest BCUT2D eigenvalue weighted by Crippen LogP contribution is -2.29. The molecular formula is C16H20N4OS. The first kappa shape index (κ1) is 16.2. The van der Waals surface area contributed by atoms with Crippen molar-refractivity contribution in [3.8, 4) is 0 Å². The molecular weight excluding hydrogens is 296 g/mol. The number of nitrogens with zero attached hydrogens (tertiary/aromatic N) is 2. The number of nitrogens with one attached hydrogen (secondary N) is 1. The van der Waals surface area contributed by atoms with E-state index < -0.39 is 0 Å². The molecule has 0 aliphatic rings. The summed E-state index contributed by atoms with van der Waals surface area (Å²) in [4.78, 5) is 20.7. The summed E-state index contributed by atoms with van der Waals surface area (Å²) < 4.78 is 0.530. The van der Waals surface area contributed by atoms with Crippen molar-refractivity contribution in [1.29, 1.82) is 0 Å². The summed E-state index contributed by atoms with van der Waals surface area (Å²) in [7, 11) is 0. The minimum Gasteiger partial charge on any atom is -0.369 e. The molecule has 0 aliphatic carbocycles. The molecule has 6 heteroatoms. The number of hydrogen-bond acceptors (Lipinski definition) is 4. The van der Waals surface area contributed by atoms with Crippen molar-refractivity contribution in [2.45, 2.75) is 26.7 Å². The average Bonchev–Trinajstić information content (AvgIpc) is 2.46. The largest absolute Gasteiger partial charge is 0.369 e. The first-order valence-corrected chi connectivity index (χ1v) is 7.58. The van der Waals surface area contributed by atoms with Crippen molar-refractivity contribution in [2.24, 2.45) is 0 Å². The van der Waals surface area contributed by atoms with E-state index in [-0.39, 0.29) is 5.91 Å². The second-order valence-electron chi connectivity index (χ2n) is 5.14. The molecule has 1 aromatic carbocycles. The molecule has 0 aliphatic heterocycles. The molecule has 1 heterocycles. The van der Waals surface area contributed by atoms with Gasteiger partial charge in [0.15, 0.2) is 5.95 Å². The number of aryl methyl sites for hydroxylation is 1. The summed E-state index contributed by atoms with van der Waals surface area (Å²) in [6.45, 7) is 4.15. The molecule has 2 aromatic rings. The van der Waals surface area contributed by atoms with Crippen LogP contribution in [0.2, 0.25) is 0 Å². The minimum atomic E-state index is 0.0310.